The number of hydrogen-bond donors (Lipinski definition) is 0. The van der Waals surface area contributed by atoms with Crippen LogP contribution in [-0.2, 0) is 6.18 Å². The van der Waals surface area contributed by atoms with Gasteiger partial charge < -0.3 is 4.74 Å². The van der Waals surface area contributed by atoms with Gasteiger partial charge in [0.2, 0.25) is 0 Å². The molecule has 0 saturated carbocycles. The highest BCUT2D eigenvalue weighted by molar-refractivity contribution is 9.09. The predicted octanol–water partition coefficient (Wildman–Crippen LogP) is 3.68. The molecule has 94 valence electrons. The molecule has 0 aliphatic heterocycles. The number of para-hydroxylation sites is 1. The first-order valence-corrected chi connectivity index (χ1v) is 5.87. The normalized spacial score (nSPS) is 11.4. The van der Waals surface area contributed by atoms with Gasteiger partial charge in [-0.1, -0.05) is 22.0 Å². The lowest BCUT2D eigenvalue weighted by Gasteiger charge is -2.14. The Kier molecular flexibility index (Phi) is 4.56. The van der Waals surface area contributed by atoms with E-state index in [9.17, 15) is 18.0 Å². The summed E-state index contributed by atoms with van der Waals surface area (Å²) < 4.78 is 42.7. The fourth-order valence-electron chi connectivity index (χ4n) is 1.42. The van der Waals surface area contributed by atoms with Gasteiger partial charge in [-0.2, -0.15) is 13.2 Å². The number of carbonyl (C=O) groups is 1. The molecule has 1 aromatic rings. The van der Waals surface area contributed by atoms with E-state index in [2.05, 4.69) is 15.9 Å². The number of methoxy groups -OCH3 is 1. The van der Waals surface area contributed by atoms with Gasteiger partial charge in [0, 0.05) is 11.8 Å². The van der Waals surface area contributed by atoms with Crippen molar-refractivity contribution in [3.63, 3.8) is 0 Å². The topological polar surface area (TPSA) is 26.3 Å². The van der Waals surface area contributed by atoms with Crippen LogP contribution >= 0.6 is 15.9 Å². The molecule has 0 spiro atoms. The number of rotatable bonds is 4. The zero-order chi connectivity index (χ0) is 13.1. The highest BCUT2D eigenvalue weighted by Gasteiger charge is 2.35. The minimum atomic E-state index is -4.53. The Balaban J connectivity index is 3.29. The van der Waals surface area contributed by atoms with Gasteiger partial charge in [-0.3, -0.25) is 4.79 Å². The zero-order valence-electron chi connectivity index (χ0n) is 8.97. The van der Waals surface area contributed by atoms with E-state index < -0.39 is 17.5 Å². The summed E-state index contributed by atoms with van der Waals surface area (Å²) >= 11 is 3.07. The molecular weight excluding hydrogens is 301 g/mol. The molecule has 0 aliphatic rings. The summed E-state index contributed by atoms with van der Waals surface area (Å²) in [6.45, 7) is 0. The Labute approximate surface area is 105 Å². The zero-order valence-corrected chi connectivity index (χ0v) is 10.6. The predicted molar refractivity (Wildman–Crippen MR) is 60.7 cm³/mol. The van der Waals surface area contributed by atoms with Crippen LogP contribution in [0.15, 0.2) is 18.2 Å². The molecule has 0 saturated heterocycles. The molecule has 1 rings (SSSR count). The van der Waals surface area contributed by atoms with Crippen molar-refractivity contribution in [3.8, 4) is 5.75 Å². The van der Waals surface area contributed by atoms with Crippen LogP contribution in [0.5, 0.6) is 5.75 Å². The summed E-state index contributed by atoms with van der Waals surface area (Å²) in [7, 11) is 1.12. The Morgan fingerprint density at radius 1 is 1.41 bits per heavy atom. The summed E-state index contributed by atoms with van der Waals surface area (Å²) in [5.41, 5.74) is -0.970. The van der Waals surface area contributed by atoms with Crippen LogP contribution < -0.4 is 4.74 Å². The van der Waals surface area contributed by atoms with Gasteiger partial charge in [-0.15, -0.1) is 0 Å². The first kappa shape index (κ1) is 14.0. The van der Waals surface area contributed by atoms with Crippen LogP contribution in [0.25, 0.3) is 0 Å². The van der Waals surface area contributed by atoms with E-state index in [1.54, 1.807) is 0 Å². The smallest absolute Gasteiger partial charge is 0.419 e. The lowest BCUT2D eigenvalue weighted by atomic mass is 10.0. The van der Waals surface area contributed by atoms with Crippen molar-refractivity contribution in [2.24, 2.45) is 0 Å². The summed E-state index contributed by atoms with van der Waals surface area (Å²) in [5.74, 6) is -0.796. The molecule has 0 heterocycles. The van der Waals surface area contributed by atoms with E-state index in [0.29, 0.717) is 5.33 Å². The maximum absolute atomic E-state index is 12.7. The maximum Gasteiger partial charge on any atom is 0.419 e. The average molecular weight is 311 g/mol. The molecule has 0 fully saturated rings. The molecule has 0 amide bonds. The standard InChI is InChI=1S/C11H10BrF3O2/c1-17-10-7(9(16)5-6-12)3-2-4-8(10)11(13,14)15/h2-4H,5-6H2,1H3. The molecule has 0 N–H and O–H groups in total. The summed E-state index contributed by atoms with van der Waals surface area (Å²) in [4.78, 5) is 11.6. The highest BCUT2D eigenvalue weighted by atomic mass is 79.9. The lowest BCUT2D eigenvalue weighted by Crippen LogP contribution is -2.11. The van der Waals surface area contributed by atoms with E-state index >= 15 is 0 Å². The molecular formula is C11H10BrF3O2. The monoisotopic (exact) mass is 310 g/mol. The van der Waals surface area contributed by atoms with Crippen LogP contribution in [0.3, 0.4) is 0 Å². The van der Waals surface area contributed by atoms with E-state index in [-0.39, 0.29) is 17.8 Å². The third kappa shape index (κ3) is 3.21. The molecule has 1 aromatic carbocycles. The molecule has 2 nitrogen and oxygen atoms in total. The fourth-order valence-corrected chi connectivity index (χ4v) is 1.78. The van der Waals surface area contributed by atoms with Crippen molar-refractivity contribution in [2.75, 3.05) is 12.4 Å². The Hall–Kier alpha value is -1.04. The summed E-state index contributed by atoms with van der Waals surface area (Å²) in [6.07, 6.45) is -4.41. The number of benzene rings is 1. The van der Waals surface area contributed by atoms with E-state index in [1.807, 2.05) is 0 Å². The van der Waals surface area contributed by atoms with Crippen LogP contribution in [0.4, 0.5) is 13.2 Å². The molecule has 0 radical (unpaired) electrons. The second kappa shape index (κ2) is 5.53. The second-order valence-electron chi connectivity index (χ2n) is 3.25. The number of ether oxygens (including phenoxy) is 1. The number of carbonyl (C=O) groups excluding carboxylic acids is 1. The molecule has 0 aliphatic carbocycles. The number of ketones is 1. The highest BCUT2D eigenvalue weighted by Crippen LogP contribution is 2.38. The largest absolute Gasteiger partial charge is 0.495 e. The lowest BCUT2D eigenvalue weighted by molar-refractivity contribution is -0.138. The number of hydrogen-bond acceptors (Lipinski definition) is 2. The van der Waals surface area contributed by atoms with Crippen molar-refractivity contribution in [2.45, 2.75) is 12.6 Å². The molecule has 0 aromatic heterocycles. The summed E-state index contributed by atoms with van der Waals surface area (Å²) in [5, 5.41) is 0.394. The van der Waals surface area contributed by atoms with Gasteiger partial charge >= 0.3 is 6.18 Å². The van der Waals surface area contributed by atoms with E-state index in [1.165, 1.54) is 12.1 Å². The average Bonchev–Trinajstić information content (AvgIpc) is 2.27. The second-order valence-corrected chi connectivity index (χ2v) is 4.04. The van der Waals surface area contributed by atoms with Crippen molar-refractivity contribution in [1.82, 2.24) is 0 Å². The van der Waals surface area contributed by atoms with Gasteiger partial charge in [0.1, 0.15) is 5.75 Å². The first-order chi connectivity index (χ1) is 7.91. The minimum Gasteiger partial charge on any atom is -0.495 e. The third-order valence-electron chi connectivity index (χ3n) is 2.15. The van der Waals surface area contributed by atoms with Gasteiger partial charge in [0.25, 0.3) is 0 Å². The Morgan fingerprint density at radius 2 is 2.06 bits per heavy atom. The van der Waals surface area contributed by atoms with Gasteiger partial charge in [0.15, 0.2) is 5.78 Å². The molecule has 17 heavy (non-hydrogen) atoms. The minimum absolute atomic E-state index is 0.0400. The number of Topliss-reactive ketones (excluding diaryl/α,β-unsaturated/α-hetero) is 1. The Morgan fingerprint density at radius 3 is 2.53 bits per heavy atom. The van der Waals surface area contributed by atoms with Gasteiger partial charge in [-0.25, -0.2) is 0 Å². The van der Waals surface area contributed by atoms with Crippen molar-refractivity contribution in [1.29, 1.82) is 0 Å². The van der Waals surface area contributed by atoms with Crippen LogP contribution in [0, 0.1) is 0 Å². The third-order valence-corrected chi connectivity index (χ3v) is 2.54. The molecule has 6 heteroatoms. The number of halogens is 4. The molecule has 0 unspecified atom stereocenters. The van der Waals surface area contributed by atoms with Crippen LogP contribution in [0.2, 0.25) is 0 Å². The van der Waals surface area contributed by atoms with Crippen LogP contribution in [-0.4, -0.2) is 18.2 Å². The van der Waals surface area contributed by atoms with E-state index in [4.69, 9.17) is 4.74 Å². The molecule has 0 atom stereocenters. The van der Waals surface area contributed by atoms with Crippen molar-refractivity contribution < 1.29 is 22.7 Å². The van der Waals surface area contributed by atoms with Crippen molar-refractivity contribution >= 4 is 21.7 Å². The maximum atomic E-state index is 12.7. The Bertz CT molecular complexity index is 416. The quantitative estimate of drug-likeness (QED) is 0.626. The van der Waals surface area contributed by atoms with Crippen molar-refractivity contribution in [3.05, 3.63) is 29.3 Å². The fraction of sp³-hybridized carbons (Fsp3) is 0.364. The summed E-state index contributed by atoms with van der Waals surface area (Å²) in [6, 6.07) is 3.43. The van der Waals surface area contributed by atoms with Gasteiger partial charge in [0.05, 0.1) is 18.2 Å². The SMILES string of the molecule is COc1c(C(=O)CCBr)cccc1C(F)(F)F. The van der Waals surface area contributed by atoms with E-state index in [0.717, 1.165) is 13.2 Å². The van der Waals surface area contributed by atoms with Gasteiger partial charge in [-0.05, 0) is 12.1 Å². The number of alkyl halides is 4. The molecule has 0 bridgehead atoms. The van der Waals surface area contributed by atoms with Crippen LogP contribution in [0.1, 0.15) is 22.3 Å². The first-order valence-electron chi connectivity index (χ1n) is 4.75.